The van der Waals surface area contributed by atoms with Crippen molar-refractivity contribution in [2.75, 3.05) is 37.2 Å². The highest BCUT2D eigenvalue weighted by atomic mass is 35.5. The second kappa shape index (κ2) is 9.56. The summed E-state index contributed by atoms with van der Waals surface area (Å²) in [6.45, 7) is 1.61. The number of aliphatic hydroxyl groups excluding tert-OH is 1. The molecule has 0 aromatic heterocycles. The highest BCUT2D eigenvalue weighted by Crippen LogP contribution is 1.97. The Labute approximate surface area is 70.9 Å². The van der Waals surface area contributed by atoms with Gasteiger partial charge in [0.1, 0.15) is 0 Å². The van der Waals surface area contributed by atoms with Gasteiger partial charge in [-0.1, -0.05) is 0 Å². The Bertz CT molecular complexity index is 55.7. The molecule has 0 saturated heterocycles. The fraction of sp³-hybridized carbons (Fsp3) is 1.00. The normalized spacial score (nSPS) is 10.2. The highest BCUT2D eigenvalue weighted by molar-refractivity contribution is 7.99. The van der Waals surface area contributed by atoms with E-state index in [2.05, 4.69) is 0 Å². The molecular formula is C6H13ClO2S. The highest BCUT2D eigenvalue weighted by Gasteiger charge is 1.87. The molecule has 0 saturated carbocycles. The van der Waals surface area contributed by atoms with Crippen LogP contribution in [0.5, 0.6) is 0 Å². The van der Waals surface area contributed by atoms with Gasteiger partial charge in [0.05, 0.1) is 19.8 Å². The first-order valence-corrected chi connectivity index (χ1v) is 4.93. The van der Waals surface area contributed by atoms with E-state index in [1.54, 1.807) is 11.8 Å². The van der Waals surface area contributed by atoms with E-state index in [1.807, 2.05) is 0 Å². The van der Waals surface area contributed by atoms with Gasteiger partial charge in [-0.3, -0.25) is 0 Å². The SMILES string of the molecule is OCCSCCOCCCl. The van der Waals surface area contributed by atoms with E-state index >= 15 is 0 Å². The number of rotatable bonds is 7. The summed E-state index contributed by atoms with van der Waals surface area (Å²) in [5, 5.41) is 8.39. The standard InChI is InChI=1S/C6H13ClO2S/c7-1-3-9-4-6-10-5-2-8/h8H,1-6H2. The molecule has 1 N–H and O–H groups in total. The lowest BCUT2D eigenvalue weighted by molar-refractivity contribution is 0.166. The van der Waals surface area contributed by atoms with Crippen molar-refractivity contribution >= 4 is 23.4 Å². The number of ether oxygens (including phenoxy) is 1. The summed E-state index contributed by atoms with van der Waals surface area (Å²) in [5.41, 5.74) is 0. The Morgan fingerprint density at radius 2 is 2.10 bits per heavy atom. The van der Waals surface area contributed by atoms with Crippen molar-refractivity contribution in [2.45, 2.75) is 0 Å². The Morgan fingerprint density at radius 1 is 1.30 bits per heavy atom. The molecule has 10 heavy (non-hydrogen) atoms. The topological polar surface area (TPSA) is 29.5 Å². The summed E-state index contributed by atoms with van der Waals surface area (Å²) < 4.78 is 5.09. The van der Waals surface area contributed by atoms with Gasteiger partial charge in [-0.2, -0.15) is 11.8 Å². The average Bonchev–Trinajstić information content (AvgIpc) is 1.97. The number of aliphatic hydroxyl groups is 1. The molecule has 0 aromatic carbocycles. The molecule has 0 aromatic rings. The Morgan fingerprint density at radius 3 is 2.70 bits per heavy atom. The molecule has 0 aliphatic carbocycles. The molecule has 0 aliphatic heterocycles. The van der Waals surface area contributed by atoms with Gasteiger partial charge in [-0.15, -0.1) is 11.6 Å². The molecule has 0 bridgehead atoms. The van der Waals surface area contributed by atoms with Gasteiger partial charge in [0.2, 0.25) is 0 Å². The second-order valence-electron chi connectivity index (χ2n) is 1.64. The van der Waals surface area contributed by atoms with Gasteiger partial charge >= 0.3 is 0 Å². The summed E-state index contributed by atoms with van der Waals surface area (Å²) in [4.78, 5) is 0. The van der Waals surface area contributed by atoms with Crippen LogP contribution in [0, 0.1) is 0 Å². The predicted octanol–water partition coefficient (Wildman–Crippen LogP) is 0.967. The van der Waals surface area contributed by atoms with E-state index in [1.165, 1.54) is 0 Å². The first-order valence-electron chi connectivity index (χ1n) is 3.24. The van der Waals surface area contributed by atoms with Gasteiger partial charge in [0.25, 0.3) is 0 Å². The minimum Gasteiger partial charge on any atom is -0.396 e. The fourth-order valence-corrected chi connectivity index (χ4v) is 1.12. The van der Waals surface area contributed by atoms with Crippen molar-refractivity contribution in [2.24, 2.45) is 0 Å². The maximum atomic E-state index is 8.39. The van der Waals surface area contributed by atoms with Gasteiger partial charge in [0.15, 0.2) is 0 Å². The van der Waals surface area contributed by atoms with Crippen molar-refractivity contribution in [3.8, 4) is 0 Å². The Balaban J connectivity index is 2.65. The summed E-state index contributed by atoms with van der Waals surface area (Å²) >= 11 is 7.06. The monoisotopic (exact) mass is 184 g/mol. The number of alkyl halides is 1. The third kappa shape index (κ3) is 8.56. The van der Waals surface area contributed by atoms with E-state index in [0.717, 1.165) is 18.1 Å². The van der Waals surface area contributed by atoms with E-state index in [4.69, 9.17) is 21.4 Å². The van der Waals surface area contributed by atoms with Crippen LogP contribution in [0.15, 0.2) is 0 Å². The van der Waals surface area contributed by atoms with E-state index in [-0.39, 0.29) is 6.61 Å². The fourth-order valence-electron chi connectivity index (χ4n) is 0.441. The molecule has 0 amide bonds. The van der Waals surface area contributed by atoms with Crippen LogP contribution in [0.2, 0.25) is 0 Å². The Kier molecular flexibility index (Phi) is 10.1. The zero-order valence-electron chi connectivity index (χ0n) is 5.88. The van der Waals surface area contributed by atoms with Crippen LogP contribution < -0.4 is 0 Å². The zero-order chi connectivity index (χ0) is 7.66. The number of thioether (sulfide) groups is 1. The molecule has 0 rings (SSSR count). The van der Waals surface area contributed by atoms with Crippen LogP contribution in [0.4, 0.5) is 0 Å². The van der Waals surface area contributed by atoms with Crippen molar-refractivity contribution in [3.63, 3.8) is 0 Å². The molecule has 2 nitrogen and oxygen atoms in total. The van der Waals surface area contributed by atoms with Crippen LogP contribution in [-0.4, -0.2) is 42.3 Å². The lowest BCUT2D eigenvalue weighted by Gasteiger charge is -1.99. The van der Waals surface area contributed by atoms with Crippen molar-refractivity contribution in [1.29, 1.82) is 0 Å². The average molecular weight is 185 g/mol. The third-order valence-corrected chi connectivity index (χ3v) is 1.91. The van der Waals surface area contributed by atoms with Crippen molar-refractivity contribution < 1.29 is 9.84 Å². The molecule has 0 heterocycles. The third-order valence-electron chi connectivity index (χ3n) is 0.829. The van der Waals surface area contributed by atoms with E-state index in [9.17, 15) is 0 Å². The van der Waals surface area contributed by atoms with Gasteiger partial charge in [0, 0.05) is 17.4 Å². The molecule has 0 fully saturated rings. The molecule has 0 unspecified atom stereocenters. The molecular weight excluding hydrogens is 172 g/mol. The lowest BCUT2D eigenvalue weighted by Crippen LogP contribution is -2.01. The summed E-state index contributed by atoms with van der Waals surface area (Å²) in [6, 6.07) is 0. The lowest BCUT2D eigenvalue weighted by atomic mass is 10.8. The van der Waals surface area contributed by atoms with E-state index in [0.29, 0.717) is 12.5 Å². The van der Waals surface area contributed by atoms with Crippen LogP contribution in [0.1, 0.15) is 0 Å². The largest absolute Gasteiger partial charge is 0.396 e. The minimum atomic E-state index is 0.250. The van der Waals surface area contributed by atoms with E-state index < -0.39 is 0 Å². The molecule has 0 aliphatic rings. The van der Waals surface area contributed by atoms with Crippen molar-refractivity contribution in [3.05, 3.63) is 0 Å². The summed E-state index contributed by atoms with van der Waals surface area (Å²) in [5.74, 6) is 2.30. The molecule has 0 radical (unpaired) electrons. The van der Waals surface area contributed by atoms with Gasteiger partial charge in [-0.25, -0.2) is 0 Å². The van der Waals surface area contributed by atoms with Gasteiger partial charge < -0.3 is 9.84 Å². The number of hydrogen-bond acceptors (Lipinski definition) is 3. The quantitative estimate of drug-likeness (QED) is 0.472. The first kappa shape index (κ1) is 10.6. The van der Waals surface area contributed by atoms with Crippen LogP contribution in [0.3, 0.4) is 0 Å². The maximum Gasteiger partial charge on any atom is 0.0602 e. The molecule has 4 heteroatoms. The minimum absolute atomic E-state index is 0.250. The molecule has 0 spiro atoms. The van der Waals surface area contributed by atoms with Crippen molar-refractivity contribution in [1.82, 2.24) is 0 Å². The van der Waals surface area contributed by atoms with Gasteiger partial charge in [-0.05, 0) is 0 Å². The molecule has 0 atom stereocenters. The second-order valence-corrected chi connectivity index (χ2v) is 3.24. The maximum absolute atomic E-state index is 8.39. The summed E-state index contributed by atoms with van der Waals surface area (Å²) in [7, 11) is 0. The molecule has 62 valence electrons. The van der Waals surface area contributed by atoms with Crippen LogP contribution in [-0.2, 0) is 4.74 Å². The number of hydrogen-bond donors (Lipinski definition) is 1. The number of halogens is 1. The van der Waals surface area contributed by atoms with Crippen LogP contribution >= 0.6 is 23.4 Å². The van der Waals surface area contributed by atoms with Crippen LogP contribution in [0.25, 0.3) is 0 Å². The first-order chi connectivity index (χ1) is 4.91. The Hall–Kier alpha value is 0.560. The predicted molar refractivity (Wildman–Crippen MR) is 45.9 cm³/mol. The smallest absolute Gasteiger partial charge is 0.0602 e. The summed E-state index contributed by atoms with van der Waals surface area (Å²) in [6.07, 6.45) is 0. The zero-order valence-corrected chi connectivity index (χ0v) is 7.46.